The van der Waals surface area contributed by atoms with Gasteiger partial charge in [0, 0.05) is 12.4 Å². The number of aromatic nitrogens is 2. The Hall–Kier alpha value is -1.19. The third-order valence-corrected chi connectivity index (χ3v) is 0.590. The molecule has 0 bridgehead atoms. The number of aromatic amines is 1. The number of H-pyrrole nitrogens is 1. The molecular weight excluding hydrogens is 92.1 g/mol. The molecule has 0 saturated heterocycles. The quantitative estimate of drug-likeness (QED) is 0.504. The first-order valence-electron chi connectivity index (χ1n) is 1.80. The third kappa shape index (κ3) is 0.623. The largest absolute Gasteiger partial charge is 0.328 e. The Labute approximate surface area is 40.1 Å². The molecule has 36 valence electrons. The Morgan fingerprint density at radius 3 is 3.00 bits per heavy atom. The van der Waals surface area contributed by atoms with Crippen LogP contribution in [0.25, 0.3) is 0 Å². The first-order valence-corrected chi connectivity index (χ1v) is 1.80. The smallest absolute Gasteiger partial charge is 0.246 e. The molecule has 1 aromatic heterocycles. The minimum atomic E-state index is 0.347. The van der Waals surface area contributed by atoms with Crippen molar-refractivity contribution in [3.05, 3.63) is 12.4 Å². The summed E-state index contributed by atoms with van der Waals surface area (Å²) in [7, 11) is 0. The highest BCUT2D eigenvalue weighted by Gasteiger charge is 1.81. The number of hydrogen-bond donors (Lipinski definition) is 2. The average Bonchev–Trinajstić information content (AvgIpc) is 2.14. The SMILES string of the molecule is N=Nc1ncc[nH]1. The second-order valence-electron chi connectivity index (χ2n) is 1.02. The fraction of sp³-hybridized carbons (Fsp3) is 0. The zero-order valence-corrected chi connectivity index (χ0v) is 3.55. The predicted molar refractivity (Wildman–Crippen MR) is 23.4 cm³/mol. The first-order chi connectivity index (χ1) is 3.43. The molecule has 0 spiro atoms. The topological polar surface area (TPSA) is 64.9 Å². The summed E-state index contributed by atoms with van der Waals surface area (Å²) in [5, 5.41) is 3.01. The van der Waals surface area contributed by atoms with Gasteiger partial charge in [-0.3, -0.25) is 0 Å². The standard InChI is InChI=1S/C3H4N4/c4-7-3-5-1-2-6-3/h1-2,4H,(H,5,6). The Bertz CT molecular complexity index is 142. The summed E-state index contributed by atoms with van der Waals surface area (Å²) >= 11 is 0. The second kappa shape index (κ2) is 1.51. The highest BCUT2D eigenvalue weighted by Crippen LogP contribution is 1.96. The molecule has 0 radical (unpaired) electrons. The number of nitrogens with one attached hydrogen (secondary N) is 2. The summed E-state index contributed by atoms with van der Waals surface area (Å²) in [5.74, 6) is 0.347. The van der Waals surface area contributed by atoms with Crippen LogP contribution in [0.1, 0.15) is 0 Å². The molecule has 0 aliphatic rings. The van der Waals surface area contributed by atoms with Gasteiger partial charge in [-0.2, -0.15) is 0 Å². The Balaban J connectivity index is 2.96. The zero-order valence-electron chi connectivity index (χ0n) is 3.55. The summed E-state index contributed by atoms with van der Waals surface area (Å²) in [6.07, 6.45) is 3.17. The Morgan fingerprint density at radius 1 is 1.86 bits per heavy atom. The molecule has 4 nitrogen and oxygen atoms in total. The van der Waals surface area contributed by atoms with E-state index < -0.39 is 0 Å². The molecule has 4 heteroatoms. The second-order valence-corrected chi connectivity index (χ2v) is 1.02. The van der Waals surface area contributed by atoms with Crippen LogP contribution in [0.4, 0.5) is 5.95 Å². The number of imidazole rings is 1. The van der Waals surface area contributed by atoms with Crippen LogP contribution in [0.5, 0.6) is 0 Å². The number of hydrogen-bond acceptors (Lipinski definition) is 3. The van der Waals surface area contributed by atoms with E-state index in [1.165, 1.54) is 0 Å². The van der Waals surface area contributed by atoms with Crippen LogP contribution < -0.4 is 0 Å². The van der Waals surface area contributed by atoms with Crippen molar-refractivity contribution in [2.24, 2.45) is 5.11 Å². The van der Waals surface area contributed by atoms with E-state index in [-0.39, 0.29) is 0 Å². The van der Waals surface area contributed by atoms with Gasteiger partial charge in [0.05, 0.1) is 0 Å². The van der Waals surface area contributed by atoms with Crippen LogP contribution in [-0.4, -0.2) is 9.97 Å². The fourth-order valence-electron chi connectivity index (χ4n) is 0.318. The normalized spacial score (nSPS) is 8.57. The van der Waals surface area contributed by atoms with E-state index in [0.717, 1.165) is 0 Å². The van der Waals surface area contributed by atoms with E-state index in [1.54, 1.807) is 12.4 Å². The van der Waals surface area contributed by atoms with Crippen LogP contribution in [0, 0.1) is 5.53 Å². The maximum absolute atomic E-state index is 6.39. The van der Waals surface area contributed by atoms with Gasteiger partial charge in [-0.25, -0.2) is 10.5 Å². The molecule has 2 N–H and O–H groups in total. The minimum Gasteiger partial charge on any atom is -0.328 e. The molecular formula is C3H4N4. The van der Waals surface area contributed by atoms with Crippen molar-refractivity contribution in [2.75, 3.05) is 0 Å². The summed E-state index contributed by atoms with van der Waals surface area (Å²) in [4.78, 5) is 6.25. The molecule has 0 fully saturated rings. The van der Waals surface area contributed by atoms with Crippen LogP contribution >= 0.6 is 0 Å². The molecule has 0 aliphatic carbocycles. The molecule has 1 aromatic rings. The molecule has 0 unspecified atom stereocenters. The molecule has 0 atom stereocenters. The van der Waals surface area contributed by atoms with Crippen molar-refractivity contribution in [2.45, 2.75) is 0 Å². The Kier molecular flexibility index (Phi) is 0.856. The van der Waals surface area contributed by atoms with E-state index >= 15 is 0 Å². The maximum atomic E-state index is 6.39. The summed E-state index contributed by atoms with van der Waals surface area (Å²) in [5.41, 5.74) is 6.39. The lowest BCUT2D eigenvalue weighted by Crippen LogP contribution is -1.57. The highest BCUT2D eigenvalue weighted by atomic mass is 15.1. The Morgan fingerprint density at radius 2 is 2.71 bits per heavy atom. The minimum absolute atomic E-state index is 0.347. The van der Waals surface area contributed by atoms with E-state index in [4.69, 9.17) is 5.53 Å². The monoisotopic (exact) mass is 96.0 g/mol. The van der Waals surface area contributed by atoms with Crippen molar-refractivity contribution in [3.63, 3.8) is 0 Å². The molecule has 0 aromatic carbocycles. The van der Waals surface area contributed by atoms with Crippen molar-refractivity contribution >= 4 is 5.95 Å². The predicted octanol–water partition coefficient (Wildman–Crippen LogP) is 1.07. The number of rotatable bonds is 1. The molecule has 0 amide bonds. The average molecular weight is 96.1 g/mol. The first kappa shape index (κ1) is 3.98. The van der Waals surface area contributed by atoms with Crippen molar-refractivity contribution in [1.29, 1.82) is 5.53 Å². The zero-order chi connectivity index (χ0) is 5.11. The van der Waals surface area contributed by atoms with Gasteiger partial charge < -0.3 is 4.98 Å². The third-order valence-electron chi connectivity index (χ3n) is 0.590. The maximum Gasteiger partial charge on any atom is 0.246 e. The van der Waals surface area contributed by atoms with Crippen molar-refractivity contribution in [1.82, 2.24) is 9.97 Å². The lowest BCUT2D eigenvalue weighted by atomic mass is 11.0. The molecule has 0 aliphatic heterocycles. The summed E-state index contributed by atoms with van der Waals surface area (Å²) in [6, 6.07) is 0. The lowest BCUT2D eigenvalue weighted by Gasteiger charge is -1.70. The van der Waals surface area contributed by atoms with Gasteiger partial charge in [0.2, 0.25) is 5.95 Å². The van der Waals surface area contributed by atoms with Gasteiger partial charge in [-0.05, 0) is 0 Å². The van der Waals surface area contributed by atoms with E-state index in [2.05, 4.69) is 15.1 Å². The molecule has 1 heterocycles. The van der Waals surface area contributed by atoms with Gasteiger partial charge in [0.25, 0.3) is 0 Å². The van der Waals surface area contributed by atoms with Crippen LogP contribution in [0.3, 0.4) is 0 Å². The van der Waals surface area contributed by atoms with Gasteiger partial charge in [0.15, 0.2) is 0 Å². The van der Waals surface area contributed by atoms with E-state index in [0.29, 0.717) is 5.95 Å². The lowest BCUT2D eigenvalue weighted by molar-refractivity contribution is 1.06. The van der Waals surface area contributed by atoms with Gasteiger partial charge >= 0.3 is 0 Å². The molecule has 7 heavy (non-hydrogen) atoms. The van der Waals surface area contributed by atoms with Gasteiger partial charge in [-0.15, -0.1) is 5.11 Å². The molecule has 1 rings (SSSR count). The van der Waals surface area contributed by atoms with Crippen LogP contribution in [-0.2, 0) is 0 Å². The summed E-state index contributed by atoms with van der Waals surface area (Å²) < 4.78 is 0. The van der Waals surface area contributed by atoms with Gasteiger partial charge in [-0.1, -0.05) is 0 Å². The molecule has 0 saturated carbocycles. The van der Waals surface area contributed by atoms with E-state index in [9.17, 15) is 0 Å². The fourth-order valence-corrected chi connectivity index (χ4v) is 0.318. The van der Waals surface area contributed by atoms with Crippen LogP contribution in [0.15, 0.2) is 17.5 Å². The van der Waals surface area contributed by atoms with Gasteiger partial charge in [0.1, 0.15) is 0 Å². The van der Waals surface area contributed by atoms with Crippen molar-refractivity contribution in [3.8, 4) is 0 Å². The van der Waals surface area contributed by atoms with Crippen LogP contribution in [0.2, 0.25) is 0 Å². The number of nitrogens with zero attached hydrogens (tertiary/aromatic N) is 2. The van der Waals surface area contributed by atoms with Crippen molar-refractivity contribution < 1.29 is 0 Å². The highest BCUT2D eigenvalue weighted by molar-refractivity contribution is 5.09. The van der Waals surface area contributed by atoms with E-state index in [1.807, 2.05) is 0 Å². The summed E-state index contributed by atoms with van der Waals surface area (Å²) in [6.45, 7) is 0.